The van der Waals surface area contributed by atoms with E-state index in [0.717, 1.165) is 39.0 Å². The highest BCUT2D eigenvalue weighted by Crippen LogP contribution is 2.30. The first-order valence-corrected chi connectivity index (χ1v) is 10.7. The van der Waals surface area contributed by atoms with Crippen molar-refractivity contribution in [3.05, 3.63) is 103 Å². The van der Waals surface area contributed by atoms with Crippen molar-refractivity contribution in [2.24, 2.45) is 7.05 Å². The Balaban J connectivity index is 1.46. The van der Waals surface area contributed by atoms with Gasteiger partial charge in [-0.25, -0.2) is 4.98 Å². The molecule has 3 aromatic carbocycles. The van der Waals surface area contributed by atoms with E-state index in [4.69, 9.17) is 0 Å². The zero-order valence-corrected chi connectivity index (χ0v) is 17.7. The minimum Gasteiger partial charge on any atom is -0.294 e. The van der Waals surface area contributed by atoms with Crippen molar-refractivity contribution >= 4 is 40.0 Å². The SMILES string of the molecule is Cn1ccc(-c2cccc([B]c3ccc4c5ccccc5n(-c5ccccn5)c4c3)c2)n1. The molecular weight excluding hydrogens is 391 g/mol. The van der Waals surface area contributed by atoms with Crippen LogP contribution >= 0.6 is 0 Å². The van der Waals surface area contributed by atoms with Crippen LogP contribution in [0.15, 0.2) is 103 Å². The predicted octanol–water partition coefficient (Wildman–Crippen LogP) is 4.23. The van der Waals surface area contributed by atoms with Crippen molar-refractivity contribution in [1.29, 1.82) is 0 Å². The van der Waals surface area contributed by atoms with Crippen LogP contribution in [0, 0.1) is 0 Å². The molecule has 32 heavy (non-hydrogen) atoms. The lowest BCUT2D eigenvalue weighted by Crippen LogP contribution is -2.27. The first-order chi connectivity index (χ1) is 15.8. The smallest absolute Gasteiger partial charge is 0.191 e. The third-order valence-electron chi connectivity index (χ3n) is 5.81. The van der Waals surface area contributed by atoms with Gasteiger partial charge in [0.2, 0.25) is 0 Å². The van der Waals surface area contributed by atoms with Gasteiger partial charge in [-0.15, -0.1) is 0 Å². The molecule has 0 atom stereocenters. The molecule has 0 fully saturated rings. The normalized spacial score (nSPS) is 11.3. The summed E-state index contributed by atoms with van der Waals surface area (Å²) < 4.78 is 4.07. The fourth-order valence-corrected chi connectivity index (χ4v) is 4.36. The van der Waals surface area contributed by atoms with Gasteiger partial charge in [-0.05, 0) is 30.3 Å². The van der Waals surface area contributed by atoms with Gasteiger partial charge in [-0.2, -0.15) is 5.10 Å². The van der Waals surface area contributed by atoms with Crippen molar-refractivity contribution in [3.63, 3.8) is 0 Å². The second kappa shape index (κ2) is 7.54. The largest absolute Gasteiger partial charge is 0.294 e. The summed E-state index contributed by atoms with van der Waals surface area (Å²) in [6.07, 6.45) is 3.81. The first-order valence-electron chi connectivity index (χ1n) is 10.7. The Morgan fingerprint density at radius 1 is 0.719 bits per heavy atom. The van der Waals surface area contributed by atoms with E-state index in [0.29, 0.717) is 0 Å². The molecule has 0 bridgehead atoms. The number of pyridine rings is 1. The van der Waals surface area contributed by atoms with Gasteiger partial charge in [0.25, 0.3) is 0 Å². The lowest BCUT2D eigenvalue weighted by atomic mass is 9.63. The highest BCUT2D eigenvalue weighted by Gasteiger charge is 2.13. The summed E-state index contributed by atoms with van der Waals surface area (Å²) in [4.78, 5) is 4.63. The quantitative estimate of drug-likeness (QED) is 0.407. The Morgan fingerprint density at radius 2 is 1.56 bits per heavy atom. The number of aryl methyl sites for hydroxylation is 1. The van der Waals surface area contributed by atoms with Crippen molar-refractivity contribution in [3.8, 4) is 17.1 Å². The summed E-state index contributed by atoms with van der Waals surface area (Å²) in [6, 6.07) is 31.7. The molecule has 4 nitrogen and oxygen atoms in total. The highest BCUT2D eigenvalue weighted by atomic mass is 15.2. The number of aromatic nitrogens is 4. The summed E-state index contributed by atoms with van der Waals surface area (Å²) in [7, 11) is 4.15. The maximum atomic E-state index is 4.63. The van der Waals surface area contributed by atoms with Gasteiger partial charge in [0.05, 0.1) is 16.7 Å². The van der Waals surface area contributed by atoms with E-state index in [-0.39, 0.29) is 0 Å². The minimum atomic E-state index is 0.924. The molecule has 0 spiro atoms. The summed E-state index contributed by atoms with van der Waals surface area (Å²) in [6.45, 7) is 0. The highest BCUT2D eigenvalue weighted by molar-refractivity contribution is 6.67. The molecule has 6 rings (SSSR count). The maximum Gasteiger partial charge on any atom is 0.191 e. The second-order valence-corrected chi connectivity index (χ2v) is 7.96. The molecule has 0 unspecified atom stereocenters. The standard InChI is InChI=1S/C27H20BN4/c1-31-16-14-24(30-31)19-7-6-8-20(17-19)28-21-12-13-23-22-9-2-3-10-25(22)32(26(23)18-21)27-11-4-5-15-29-27/h2-18H,1H3. The third-order valence-corrected chi connectivity index (χ3v) is 5.81. The lowest BCUT2D eigenvalue weighted by Gasteiger charge is -2.08. The van der Waals surface area contributed by atoms with E-state index >= 15 is 0 Å². The van der Waals surface area contributed by atoms with Gasteiger partial charge in [0.1, 0.15) is 5.82 Å². The van der Waals surface area contributed by atoms with Crippen LogP contribution in [0.3, 0.4) is 0 Å². The zero-order chi connectivity index (χ0) is 21.5. The number of hydrogen-bond acceptors (Lipinski definition) is 2. The number of nitrogens with zero attached hydrogens (tertiary/aromatic N) is 4. The van der Waals surface area contributed by atoms with Gasteiger partial charge in [0.15, 0.2) is 7.28 Å². The van der Waals surface area contributed by atoms with E-state index in [1.165, 1.54) is 10.8 Å². The molecule has 0 saturated heterocycles. The van der Waals surface area contributed by atoms with E-state index in [2.05, 4.69) is 94.7 Å². The van der Waals surface area contributed by atoms with Crippen molar-refractivity contribution in [2.75, 3.05) is 0 Å². The van der Waals surface area contributed by atoms with Crippen molar-refractivity contribution < 1.29 is 0 Å². The van der Waals surface area contributed by atoms with Gasteiger partial charge < -0.3 is 0 Å². The molecule has 0 amide bonds. The lowest BCUT2D eigenvalue weighted by molar-refractivity contribution is 0.771. The third kappa shape index (κ3) is 3.19. The van der Waals surface area contributed by atoms with Gasteiger partial charge in [-0.1, -0.05) is 71.6 Å². The van der Waals surface area contributed by atoms with Crippen LogP contribution in [0.25, 0.3) is 38.9 Å². The molecule has 0 aliphatic carbocycles. The number of rotatable bonds is 4. The Bertz CT molecular complexity index is 1560. The zero-order valence-electron chi connectivity index (χ0n) is 17.7. The summed E-state index contributed by atoms with van der Waals surface area (Å²) in [5.41, 5.74) is 6.70. The van der Waals surface area contributed by atoms with E-state index < -0.39 is 0 Å². The van der Waals surface area contributed by atoms with Crippen LogP contribution in [0.1, 0.15) is 0 Å². The molecule has 6 aromatic rings. The molecule has 1 radical (unpaired) electrons. The molecule has 3 heterocycles. The Labute approximate surface area is 187 Å². The molecule has 0 aliphatic heterocycles. The monoisotopic (exact) mass is 411 g/mol. The number of para-hydroxylation sites is 1. The number of benzene rings is 3. The van der Waals surface area contributed by atoms with Gasteiger partial charge >= 0.3 is 0 Å². The van der Waals surface area contributed by atoms with Crippen molar-refractivity contribution in [1.82, 2.24) is 19.3 Å². The number of hydrogen-bond donors (Lipinski definition) is 0. The van der Waals surface area contributed by atoms with Crippen LogP contribution < -0.4 is 10.9 Å². The fraction of sp³-hybridized carbons (Fsp3) is 0.0370. The molecular formula is C27H20BN4. The van der Waals surface area contributed by atoms with Crippen LogP contribution in [-0.4, -0.2) is 26.6 Å². The van der Waals surface area contributed by atoms with Crippen LogP contribution in [-0.2, 0) is 7.05 Å². The van der Waals surface area contributed by atoms with E-state index in [1.807, 2.05) is 42.3 Å². The molecule has 0 aliphatic rings. The van der Waals surface area contributed by atoms with Crippen molar-refractivity contribution in [2.45, 2.75) is 0 Å². The average molecular weight is 411 g/mol. The second-order valence-electron chi connectivity index (χ2n) is 7.96. The van der Waals surface area contributed by atoms with E-state index in [1.54, 1.807) is 0 Å². The first kappa shape index (κ1) is 18.6. The molecule has 5 heteroatoms. The topological polar surface area (TPSA) is 35.6 Å². The Kier molecular flexibility index (Phi) is 4.39. The Morgan fingerprint density at radius 3 is 2.41 bits per heavy atom. The van der Waals surface area contributed by atoms with E-state index in [9.17, 15) is 0 Å². The molecule has 3 aromatic heterocycles. The van der Waals surface area contributed by atoms with Crippen LogP contribution in [0.4, 0.5) is 0 Å². The maximum absolute atomic E-state index is 4.63. The average Bonchev–Trinajstić information content (AvgIpc) is 3.41. The van der Waals surface area contributed by atoms with Gasteiger partial charge in [0, 0.05) is 35.8 Å². The van der Waals surface area contributed by atoms with Crippen LogP contribution in [0.2, 0.25) is 0 Å². The minimum absolute atomic E-state index is 0.924. The fourth-order valence-electron chi connectivity index (χ4n) is 4.36. The molecule has 0 N–H and O–H groups in total. The summed E-state index contributed by atoms with van der Waals surface area (Å²) in [5, 5.41) is 6.99. The number of fused-ring (bicyclic) bond motifs is 3. The van der Waals surface area contributed by atoms with Crippen LogP contribution in [0.5, 0.6) is 0 Å². The molecule has 0 saturated carbocycles. The Hall–Kier alpha value is -4.12. The predicted molar refractivity (Wildman–Crippen MR) is 132 cm³/mol. The summed E-state index contributed by atoms with van der Waals surface area (Å²) in [5.74, 6) is 0.924. The summed E-state index contributed by atoms with van der Waals surface area (Å²) >= 11 is 0. The van der Waals surface area contributed by atoms with Gasteiger partial charge in [-0.3, -0.25) is 9.25 Å². The molecule has 151 valence electrons.